The number of hydrogen-bond acceptors (Lipinski definition) is 4. The summed E-state index contributed by atoms with van der Waals surface area (Å²) >= 11 is 5.65. The van der Waals surface area contributed by atoms with E-state index in [1.807, 2.05) is 20.8 Å². The fraction of sp³-hybridized carbons (Fsp3) is 0.438. The van der Waals surface area contributed by atoms with Crippen LogP contribution in [0.15, 0.2) is 24.7 Å². The van der Waals surface area contributed by atoms with Crippen LogP contribution in [0.4, 0.5) is 9.18 Å². The molecule has 0 saturated heterocycles. The normalized spacial score (nSPS) is 11.4. The predicted molar refractivity (Wildman–Crippen MR) is 89.3 cm³/mol. The number of pyridine rings is 1. The number of carbonyl (C=O) groups excluding carboxylic acids is 1. The first-order chi connectivity index (χ1) is 11.2. The number of hydrogen-bond donors (Lipinski definition) is 0. The number of nitrogens with zero attached hydrogens (tertiary/aromatic N) is 4. The summed E-state index contributed by atoms with van der Waals surface area (Å²) in [6.45, 7) is 6.31. The Balaban J connectivity index is 1.98. The molecule has 2 rings (SSSR count). The molecular formula is C16H20ClFN4O2. The third kappa shape index (κ3) is 4.92. The number of aromatic nitrogens is 3. The lowest BCUT2D eigenvalue weighted by Gasteiger charge is -2.24. The lowest BCUT2D eigenvalue weighted by molar-refractivity contribution is 0.0292. The van der Waals surface area contributed by atoms with Gasteiger partial charge in [0.15, 0.2) is 0 Å². The van der Waals surface area contributed by atoms with Gasteiger partial charge in [0, 0.05) is 43.2 Å². The maximum Gasteiger partial charge on any atom is 0.410 e. The molecule has 130 valence electrons. The zero-order valence-corrected chi connectivity index (χ0v) is 14.8. The number of halogens is 2. The molecule has 0 N–H and O–H groups in total. The SMILES string of the molecule is CN(CCn1cc(-c2cnc(Cl)cc2F)cn1)C(=O)OC(C)(C)C. The average Bonchev–Trinajstić information content (AvgIpc) is 2.91. The molecule has 0 spiro atoms. The largest absolute Gasteiger partial charge is 0.444 e. The van der Waals surface area contributed by atoms with Gasteiger partial charge in [-0.05, 0) is 20.8 Å². The van der Waals surface area contributed by atoms with Crippen molar-refractivity contribution in [2.75, 3.05) is 13.6 Å². The van der Waals surface area contributed by atoms with Gasteiger partial charge >= 0.3 is 6.09 Å². The van der Waals surface area contributed by atoms with Crippen molar-refractivity contribution in [1.82, 2.24) is 19.7 Å². The summed E-state index contributed by atoms with van der Waals surface area (Å²) < 4.78 is 20.8. The standard InChI is InChI=1S/C16H20ClFN4O2/c1-16(2,3)24-15(23)21(4)5-6-22-10-11(8-20-22)12-9-19-14(17)7-13(12)18/h7-10H,5-6H2,1-4H3. The molecule has 0 aliphatic carbocycles. The lowest BCUT2D eigenvalue weighted by atomic mass is 10.1. The quantitative estimate of drug-likeness (QED) is 0.787. The van der Waals surface area contributed by atoms with Crippen molar-refractivity contribution >= 4 is 17.7 Å². The Bertz CT molecular complexity index is 727. The Morgan fingerprint density at radius 3 is 2.75 bits per heavy atom. The number of carbonyl (C=O) groups is 1. The smallest absolute Gasteiger partial charge is 0.410 e. The van der Waals surface area contributed by atoms with E-state index in [-0.39, 0.29) is 5.15 Å². The van der Waals surface area contributed by atoms with Crippen molar-refractivity contribution < 1.29 is 13.9 Å². The minimum atomic E-state index is -0.538. The van der Waals surface area contributed by atoms with Crippen LogP contribution in [0, 0.1) is 5.82 Å². The zero-order chi connectivity index (χ0) is 17.9. The van der Waals surface area contributed by atoms with E-state index in [1.54, 1.807) is 24.1 Å². The summed E-state index contributed by atoms with van der Waals surface area (Å²) in [6, 6.07) is 1.16. The summed E-state index contributed by atoms with van der Waals surface area (Å²) in [7, 11) is 1.65. The van der Waals surface area contributed by atoms with Crippen LogP contribution in [0.2, 0.25) is 5.15 Å². The van der Waals surface area contributed by atoms with Crippen LogP contribution >= 0.6 is 11.6 Å². The van der Waals surface area contributed by atoms with E-state index in [4.69, 9.17) is 16.3 Å². The third-order valence-electron chi connectivity index (χ3n) is 3.13. The first-order valence-electron chi connectivity index (χ1n) is 7.44. The van der Waals surface area contributed by atoms with E-state index in [9.17, 15) is 9.18 Å². The molecule has 0 fully saturated rings. The van der Waals surface area contributed by atoms with E-state index in [1.165, 1.54) is 11.1 Å². The average molecular weight is 355 g/mol. The van der Waals surface area contributed by atoms with Gasteiger partial charge in [-0.15, -0.1) is 0 Å². The Hall–Kier alpha value is -2.15. The highest BCUT2D eigenvalue weighted by molar-refractivity contribution is 6.29. The van der Waals surface area contributed by atoms with Gasteiger partial charge in [-0.25, -0.2) is 14.2 Å². The van der Waals surface area contributed by atoms with Gasteiger partial charge in [-0.1, -0.05) is 11.6 Å². The number of ether oxygens (including phenoxy) is 1. The van der Waals surface area contributed by atoms with Crippen LogP contribution in [0.1, 0.15) is 20.8 Å². The van der Waals surface area contributed by atoms with Gasteiger partial charge in [-0.3, -0.25) is 4.68 Å². The van der Waals surface area contributed by atoms with Crippen LogP contribution in [-0.2, 0) is 11.3 Å². The Morgan fingerprint density at radius 1 is 1.42 bits per heavy atom. The topological polar surface area (TPSA) is 60.2 Å². The van der Waals surface area contributed by atoms with Crippen LogP contribution in [0.3, 0.4) is 0 Å². The molecule has 2 heterocycles. The molecule has 1 amide bonds. The molecule has 0 aromatic carbocycles. The number of rotatable bonds is 4. The highest BCUT2D eigenvalue weighted by Crippen LogP contribution is 2.23. The summed E-state index contributed by atoms with van der Waals surface area (Å²) in [4.78, 5) is 17.2. The van der Waals surface area contributed by atoms with Gasteiger partial charge in [0.1, 0.15) is 16.6 Å². The molecule has 24 heavy (non-hydrogen) atoms. The van der Waals surface area contributed by atoms with Crippen LogP contribution in [0.5, 0.6) is 0 Å². The molecule has 0 atom stereocenters. The molecule has 0 radical (unpaired) electrons. The molecule has 0 saturated carbocycles. The number of likely N-dealkylation sites (N-methyl/N-ethyl adjacent to an activating group) is 1. The van der Waals surface area contributed by atoms with Crippen molar-refractivity contribution in [2.45, 2.75) is 32.9 Å². The monoisotopic (exact) mass is 354 g/mol. The summed E-state index contributed by atoms with van der Waals surface area (Å²) in [5.41, 5.74) is 0.381. The minimum Gasteiger partial charge on any atom is -0.444 e. The van der Waals surface area contributed by atoms with Gasteiger partial charge < -0.3 is 9.64 Å². The van der Waals surface area contributed by atoms with Crippen molar-refractivity contribution in [1.29, 1.82) is 0 Å². The summed E-state index contributed by atoms with van der Waals surface area (Å²) in [5.74, 6) is -0.458. The molecule has 2 aromatic heterocycles. The summed E-state index contributed by atoms with van der Waals surface area (Å²) in [5, 5.41) is 4.27. The second-order valence-corrected chi connectivity index (χ2v) is 6.77. The summed E-state index contributed by atoms with van der Waals surface area (Å²) in [6.07, 6.45) is 4.20. The van der Waals surface area contributed by atoms with Crippen molar-refractivity contribution in [3.8, 4) is 11.1 Å². The van der Waals surface area contributed by atoms with Crippen LogP contribution < -0.4 is 0 Å². The van der Waals surface area contributed by atoms with Crippen molar-refractivity contribution in [2.24, 2.45) is 0 Å². The lowest BCUT2D eigenvalue weighted by Crippen LogP contribution is -2.36. The third-order valence-corrected chi connectivity index (χ3v) is 3.34. The highest BCUT2D eigenvalue weighted by atomic mass is 35.5. The molecule has 0 aliphatic heterocycles. The van der Waals surface area contributed by atoms with Gasteiger partial charge in [0.2, 0.25) is 0 Å². The van der Waals surface area contributed by atoms with Gasteiger partial charge in [0.25, 0.3) is 0 Å². The van der Waals surface area contributed by atoms with E-state index in [2.05, 4.69) is 10.1 Å². The minimum absolute atomic E-state index is 0.0997. The van der Waals surface area contributed by atoms with E-state index in [0.717, 1.165) is 6.07 Å². The second-order valence-electron chi connectivity index (χ2n) is 6.38. The van der Waals surface area contributed by atoms with Gasteiger partial charge in [0.05, 0.1) is 12.7 Å². The Kier molecular flexibility index (Phi) is 5.43. The van der Waals surface area contributed by atoms with Crippen molar-refractivity contribution in [3.05, 3.63) is 35.6 Å². The van der Waals surface area contributed by atoms with Crippen LogP contribution in [0.25, 0.3) is 11.1 Å². The first kappa shape index (κ1) is 18.2. The number of amides is 1. The Labute approximate surface area is 145 Å². The van der Waals surface area contributed by atoms with E-state index < -0.39 is 17.5 Å². The molecule has 6 nitrogen and oxygen atoms in total. The fourth-order valence-corrected chi connectivity index (χ4v) is 2.07. The second kappa shape index (κ2) is 7.17. The van der Waals surface area contributed by atoms with E-state index >= 15 is 0 Å². The van der Waals surface area contributed by atoms with Crippen LogP contribution in [-0.4, -0.2) is 45.0 Å². The maximum absolute atomic E-state index is 13.9. The van der Waals surface area contributed by atoms with Gasteiger partial charge in [-0.2, -0.15) is 5.10 Å². The molecule has 2 aromatic rings. The molecular weight excluding hydrogens is 335 g/mol. The predicted octanol–water partition coefficient (Wildman–Crippen LogP) is 3.60. The fourth-order valence-electron chi connectivity index (χ4n) is 1.93. The highest BCUT2D eigenvalue weighted by Gasteiger charge is 2.19. The molecule has 0 aliphatic rings. The van der Waals surface area contributed by atoms with Crippen molar-refractivity contribution in [3.63, 3.8) is 0 Å². The maximum atomic E-state index is 13.9. The molecule has 0 unspecified atom stereocenters. The molecule has 0 bridgehead atoms. The Morgan fingerprint density at radius 2 is 2.12 bits per heavy atom. The van der Waals surface area contributed by atoms with E-state index in [0.29, 0.717) is 24.2 Å². The first-order valence-corrected chi connectivity index (χ1v) is 7.81. The zero-order valence-electron chi connectivity index (χ0n) is 14.1. The molecule has 8 heteroatoms.